The van der Waals surface area contributed by atoms with Crippen LogP contribution >= 0.6 is 0 Å². The molecular formula is C23H23FN2O3. The van der Waals surface area contributed by atoms with Crippen LogP contribution in [0.15, 0.2) is 65.1 Å². The average molecular weight is 394 g/mol. The molecule has 3 rings (SSSR count). The van der Waals surface area contributed by atoms with Gasteiger partial charge in [-0.05, 0) is 61.4 Å². The van der Waals surface area contributed by atoms with Crippen molar-refractivity contribution in [1.29, 1.82) is 0 Å². The fourth-order valence-electron chi connectivity index (χ4n) is 2.98. The summed E-state index contributed by atoms with van der Waals surface area (Å²) in [6.07, 6.45) is 0.703. The Morgan fingerprint density at radius 3 is 2.45 bits per heavy atom. The van der Waals surface area contributed by atoms with Crippen LogP contribution in [0.1, 0.15) is 29.5 Å². The molecule has 150 valence electrons. The number of halogens is 1. The summed E-state index contributed by atoms with van der Waals surface area (Å²) < 4.78 is 18.8. The van der Waals surface area contributed by atoms with E-state index in [1.54, 1.807) is 24.3 Å². The van der Waals surface area contributed by atoms with Gasteiger partial charge in [0.25, 0.3) is 5.91 Å². The number of amides is 2. The molecule has 2 amide bonds. The highest BCUT2D eigenvalue weighted by molar-refractivity contribution is 5.98. The summed E-state index contributed by atoms with van der Waals surface area (Å²) in [6.45, 7) is 4.19. The molecule has 1 heterocycles. The van der Waals surface area contributed by atoms with Crippen LogP contribution in [0.4, 0.5) is 10.1 Å². The molecule has 1 N–H and O–H groups in total. The molecule has 6 heteroatoms. The number of rotatable bonds is 7. The Labute approximate surface area is 169 Å². The first-order valence-corrected chi connectivity index (χ1v) is 9.48. The largest absolute Gasteiger partial charge is 0.451 e. The highest BCUT2D eigenvalue weighted by Gasteiger charge is 2.22. The summed E-state index contributed by atoms with van der Waals surface area (Å²) in [7, 11) is 0. The van der Waals surface area contributed by atoms with Gasteiger partial charge >= 0.3 is 0 Å². The predicted octanol–water partition coefficient (Wildman–Crippen LogP) is 4.89. The van der Waals surface area contributed by atoms with E-state index in [4.69, 9.17) is 4.42 Å². The summed E-state index contributed by atoms with van der Waals surface area (Å²) in [6, 6.07) is 16.5. The van der Waals surface area contributed by atoms with Gasteiger partial charge in [0.2, 0.25) is 5.91 Å². The third-order valence-corrected chi connectivity index (χ3v) is 4.48. The standard InChI is InChI=1S/C23H23FN2O3/c1-3-14-26(15-22(27)25-19-7-5-4-6-16(19)2)23(28)21-13-12-20(29-21)17-8-10-18(24)11-9-17/h4-13H,3,14-15H2,1-2H3,(H,25,27). The Kier molecular flexibility index (Phi) is 6.44. The quantitative estimate of drug-likeness (QED) is 0.621. The van der Waals surface area contributed by atoms with Crippen LogP contribution in [0.3, 0.4) is 0 Å². The van der Waals surface area contributed by atoms with E-state index in [1.165, 1.54) is 17.0 Å². The van der Waals surface area contributed by atoms with E-state index in [0.717, 1.165) is 11.3 Å². The molecule has 0 aliphatic carbocycles. The third-order valence-electron chi connectivity index (χ3n) is 4.48. The second-order valence-corrected chi connectivity index (χ2v) is 6.76. The van der Waals surface area contributed by atoms with Crippen molar-refractivity contribution in [2.45, 2.75) is 20.3 Å². The van der Waals surface area contributed by atoms with Crippen molar-refractivity contribution in [2.75, 3.05) is 18.4 Å². The van der Waals surface area contributed by atoms with Crippen LogP contribution in [0.25, 0.3) is 11.3 Å². The maximum Gasteiger partial charge on any atom is 0.290 e. The molecule has 0 spiro atoms. The molecule has 29 heavy (non-hydrogen) atoms. The lowest BCUT2D eigenvalue weighted by Gasteiger charge is -2.20. The fraction of sp³-hybridized carbons (Fsp3) is 0.217. The first kappa shape index (κ1) is 20.3. The molecule has 0 atom stereocenters. The van der Waals surface area contributed by atoms with Gasteiger partial charge in [0.1, 0.15) is 18.1 Å². The Morgan fingerprint density at radius 1 is 1.03 bits per heavy atom. The number of benzene rings is 2. The predicted molar refractivity (Wildman–Crippen MR) is 110 cm³/mol. The fourth-order valence-corrected chi connectivity index (χ4v) is 2.98. The molecule has 0 fully saturated rings. The number of nitrogens with one attached hydrogen (secondary N) is 1. The second-order valence-electron chi connectivity index (χ2n) is 6.76. The molecule has 0 bridgehead atoms. The molecule has 0 saturated carbocycles. The molecule has 0 aliphatic rings. The lowest BCUT2D eigenvalue weighted by Crippen LogP contribution is -2.38. The number of anilines is 1. The van der Waals surface area contributed by atoms with Gasteiger partial charge in [-0.15, -0.1) is 0 Å². The van der Waals surface area contributed by atoms with Crippen LogP contribution in [0.5, 0.6) is 0 Å². The van der Waals surface area contributed by atoms with Crippen molar-refractivity contribution in [2.24, 2.45) is 0 Å². The molecular weight excluding hydrogens is 371 g/mol. The van der Waals surface area contributed by atoms with Gasteiger partial charge in [-0.1, -0.05) is 25.1 Å². The highest BCUT2D eigenvalue weighted by atomic mass is 19.1. The minimum atomic E-state index is -0.361. The molecule has 0 aliphatic heterocycles. The van der Waals surface area contributed by atoms with Gasteiger partial charge in [0.05, 0.1) is 0 Å². The maximum atomic E-state index is 13.1. The van der Waals surface area contributed by atoms with E-state index in [-0.39, 0.29) is 29.9 Å². The monoisotopic (exact) mass is 394 g/mol. The van der Waals surface area contributed by atoms with E-state index in [1.807, 2.05) is 38.1 Å². The Balaban J connectivity index is 1.71. The first-order chi connectivity index (χ1) is 14.0. The number of carbonyl (C=O) groups is 2. The summed E-state index contributed by atoms with van der Waals surface area (Å²) in [4.78, 5) is 26.8. The van der Waals surface area contributed by atoms with Crippen LogP contribution in [0, 0.1) is 12.7 Å². The lowest BCUT2D eigenvalue weighted by atomic mass is 10.2. The zero-order valence-corrected chi connectivity index (χ0v) is 16.4. The van der Waals surface area contributed by atoms with E-state index in [9.17, 15) is 14.0 Å². The lowest BCUT2D eigenvalue weighted by molar-refractivity contribution is -0.116. The Morgan fingerprint density at radius 2 is 1.76 bits per heavy atom. The van der Waals surface area contributed by atoms with Gasteiger partial charge in [-0.2, -0.15) is 0 Å². The topological polar surface area (TPSA) is 62.6 Å². The number of nitrogens with zero attached hydrogens (tertiary/aromatic N) is 1. The maximum absolute atomic E-state index is 13.1. The van der Waals surface area contributed by atoms with Gasteiger partial charge < -0.3 is 14.6 Å². The Bertz CT molecular complexity index is 995. The van der Waals surface area contributed by atoms with Crippen molar-refractivity contribution in [3.8, 4) is 11.3 Å². The van der Waals surface area contributed by atoms with Gasteiger partial charge in [0, 0.05) is 17.8 Å². The van der Waals surface area contributed by atoms with E-state index in [0.29, 0.717) is 24.3 Å². The number of aryl methyl sites for hydroxylation is 1. The zero-order valence-electron chi connectivity index (χ0n) is 16.4. The van der Waals surface area contributed by atoms with E-state index >= 15 is 0 Å². The second kappa shape index (κ2) is 9.19. The normalized spacial score (nSPS) is 10.6. The number of para-hydroxylation sites is 1. The highest BCUT2D eigenvalue weighted by Crippen LogP contribution is 2.23. The van der Waals surface area contributed by atoms with Crippen molar-refractivity contribution < 1.29 is 18.4 Å². The van der Waals surface area contributed by atoms with Crippen LogP contribution in [-0.2, 0) is 4.79 Å². The number of hydrogen-bond acceptors (Lipinski definition) is 3. The molecule has 0 radical (unpaired) electrons. The van der Waals surface area contributed by atoms with Crippen molar-refractivity contribution in [1.82, 2.24) is 4.90 Å². The van der Waals surface area contributed by atoms with Crippen LogP contribution < -0.4 is 5.32 Å². The molecule has 1 aromatic heterocycles. The molecule has 0 unspecified atom stereocenters. The first-order valence-electron chi connectivity index (χ1n) is 9.48. The number of furan rings is 1. The average Bonchev–Trinajstić information content (AvgIpc) is 3.19. The summed E-state index contributed by atoms with van der Waals surface area (Å²) in [5.74, 6) is -0.368. The SMILES string of the molecule is CCCN(CC(=O)Nc1ccccc1C)C(=O)c1ccc(-c2ccc(F)cc2)o1. The van der Waals surface area contributed by atoms with Gasteiger partial charge in [-0.25, -0.2) is 4.39 Å². The smallest absolute Gasteiger partial charge is 0.290 e. The summed E-state index contributed by atoms with van der Waals surface area (Å²) in [5, 5.41) is 2.84. The van der Waals surface area contributed by atoms with E-state index < -0.39 is 0 Å². The van der Waals surface area contributed by atoms with Crippen molar-refractivity contribution in [3.05, 3.63) is 77.8 Å². The van der Waals surface area contributed by atoms with E-state index in [2.05, 4.69) is 5.32 Å². The van der Waals surface area contributed by atoms with Gasteiger partial charge in [0.15, 0.2) is 5.76 Å². The van der Waals surface area contributed by atoms with Gasteiger partial charge in [-0.3, -0.25) is 9.59 Å². The number of hydrogen-bond donors (Lipinski definition) is 1. The van der Waals surface area contributed by atoms with Crippen LogP contribution in [0.2, 0.25) is 0 Å². The zero-order chi connectivity index (χ0) is 20.8. The summed E-state index contributed by atoms with van der Waals surface area (Å²) >= 11 is 0. The molecule has 3 aromatic rings. The molecule has 5 nitrogen and oxygen atoms in total. The van der Waals surface area contributed by atoms with Crippen LogP contribution in [-0.4, -0.2) is 29.8 Å². The minimum absolute atomic E-state index is 0.0758. The van der Waals surface area contributed by atoms with Crippen molar-refractivity contribution >= 4 is 17.5 Å². The Hall–Kier alpha value is -3.41. The minimum Gasteiger partial charge on any atom is -0.451 e. The molecule has 0 saturated heterocycles. The third kappa shape index (κ3) is 5.10. The number of carbonyl (C=O) groups excluding carboxylic acids is 2. The van der Waals surface area contributed by atoms with Crippen molar-refractivity contribution in [3.63, 3.8) is 0 Å². The molecule has 2 aromatic carbocycles. The summed E-state index contributed by atoms with van der Waals surface area (Å²) in [5.41, 5.74) is 2.34.